The third kappa shape index (κ3) is 3.80. The zero-order valence-corrected chi connectivity index (χ0v) is 14.3. The van der Waals surface area contributed by atoms with Crippen molar-refractivity contribution >= 4 is 33.6 Å². The van der Waals surface area contributed by atoms with Gasteiger partial charge < -0.3 is 9.15 Å². The molecule has 0 radical (unpaired) electrons. The van der Waals surface area contributed by atoms with Crippen LogP contribution < -0.4 is 5.56 Å². The lowest BCUT2D eigenvalue weighted by molar-refractivity contribution is -0.139. The van der Waals surface area contributed by atoms with Gasteiger partial charge in [0.2, 0.25) is 0 Å². The summed E-state index contributed by atoms with van der Waals surface area (Å²) in [5.41, 5.74) is 0.630. The second-order valence-electron chi connectivity index (χ2n) is 5.05. The van der Waals surface area contributed by atoms with Gasteiger partial charge in [0.05, 0.1) is 5.69 Å². The smallest absolute Gasteiger partial charge is 0.331 e. The number of carbonyl (C=O) groups is 1. The molecule has 0 N–H and O–H groups in total. The Morgan fingerprint density at radius 3 is 2.96 bits per heavy atom. The maximum Gasteiger partial charge on any atom is 0.331 e. The van der Waals surface area contributed by atoms with Gasteiger partial charge in [-0.3, -0.25) is 9.20 Å². The minimum absolute atomic E-state index is 0.0812. The summed E-state index contributed by atoms with van der Waals surface area (Å²) >= 11 is 3.30. The van der Waals surface area contributed by atoms with Gasteiger partial charge in [-0.15, -0.1) is 0 Å². The summed E-state index contributed by atoms with van der Waals surface area (Å²) in [5, 5.41) is 0. The Bertz CT molecular complexity index is 988. The van der Waals surface area contributed by atoms with Crippen molar-refractivity contribution in [3.63, 3.8) is 0 Å². The SMILES string of the molecule is Cc1ccc(C=CC(=O)OCc2cc(=O)n3cc(Br)ccc3n2)o1. The van der Waals surface area contributed by atoms with Crippen molar-refractivity contribution in [1.29, 1.82) is 0 Å². The van der Waals surface area contributed by atoms with Crippen molar-refractivity contribution in [1.82, 2.24) is 9.38 Å². The number of hydrogen-bond donors (Lipinski definition) is 0. The second kappa shape index (κ2) is 6.84. The number of furan rings is 1. The highest BCUT2D eigenvalue weighted by Gasteiger charge is 2.05. The molecule has 3 aromatic rings. The van der Waals surface area contributed by atoms with E-state index in [1.807, 2.05) is 6.92 Å². The summed E-state index contributed by atoms with van der Waals surface area (Å²) < 4.78 is 12.6. The van der Waals surface area contributed by atoms with Crippen LogP contribution in [-0.2, 0) is 16.1 Å². The number of nitrogens with zero attached hydrogens (tertiary/aromatic N) is 2. The number of pyridine rings is 1. The number of hydrogen-bond acceptors (Lipinski definition) is 5. The minimum atomic E-state index is -0.540. The predicted octanol–water partition coefficient (Wildman–Crippen LogP) is 3.12. The summed E-state index contributed by atoms with van der Waals surface area (Å²) in [6.07, 6.45) is 4.42. The Kier molecular flexibility index (Phi) is 4.61. The number of fused-ring (bicyclic) bond motifs is 1. The molecule has 3 heterocycles. The van der Waals surface area contributed by atoms with Gasteiger partial charge >= 0.3 is 5.97 Å². The fourth-order valence-corrected chi connectivity index (χ4v) is 2.42. The molecule has 0 saturated heterocycles. The van der Waals surface area contributed by atoms with Gasteiger partial charge in [0, 0.05) is 22.8 Å². The van der Waals surface area contributed by atoms with Gasteiger partial charge in [0.1, 0.15) is 23.8 Å². The monoisotopic (exact) mass is 388 g/mol. The standard InChI is InChI=1S/C17H13BrN2O4/c1-11-2-4-14(24-11)5-7-17(22)23-10-13-8-16(21)20-9-12(18)3-6-15(20)19-13/h2-9H,10H2,1H3. The average molecular weight is 389 g/mol. The van der Waals surface area contributed by atoms with E-state index in [0.29, 0.717) is 17.1 Å². The molecule has 24 heavy (non-hydrogen) atoms. The number of rotatable bonds is 4. The van der Waals surface area contributed by atoms with E-state index >= 15 is 0 Å². The lowest BCUT2D eigenvalue weighted by Crippen LogP contribution is -2.16. The lowest BCUT2D eigenvalue weighted by Gasteiger charge is -2.04. The van der Waals surface area contributed by atoms with Gasteiger partial charge in [-0.05, 0) is 53.2 Å². The molecular formula is C17H13BrN2O4. The summed E-state index contributed by atoms with van der Waals surface area (Å²) in [4.78, 5) is 28.1. The van der Waals surface area contributed by atoms with Crippen LogP contribution in [0, 0.1) is 6.92 Å². The lowest BCUT2D eigenvalue weighted by atomic mass is 10.3. The highest BCUT2D eigenvalue weighted by molar-refractivity contribution is 9.10. The maximum absolute atomic E-state index is 12.0. The molecule has 0 unspecified atom stereocenters. The summed E-state index contributed by atoms with van der Waals surface area (Å²) in [6, 6.07) is 8.38. The van der Waals surface area contributed by atoms with E-state index in [-0.39, 0.29) is 12.2 Å². The fraction of sp³-hybridized carbons (Fsp3) is 0.118. The van der Waals surface area contributed by atoms with Crippen molar-refractivity contribution in [3.8, 4) is 0 Å². The average Bonchev–Trinajstić information content (AvgIpc) is 2.97. The largest absolute Gasteiger partial charge is 0.462 e. The van der Waals surface area contributed by atoms with Crippen molar-refractivity contribution in [2.75, 3.05) is 0 Å². The minimum Gasteiger partial charge on any atom is -0.462 e. The molecule has 0 amide bonds. The van der Waals surface area contributed by atoms with Crippen molar-refractivity contribution in [3.05, 3.63) is 74.6 Å². The summed E-state index contributed by atoms with van der Waals surface area (Å²) in [7, 11) is 0. The number of halogens is 1. The predicted molar refractivity (Wildman–Crippen MR) is 91.4 cm³/mol. The topological polar surface area (TPSA) is 73.8 Å². The molecule has 0 atom stereocenters. The normalized spacial score (nSPS) is 11.2. The van der Waals surface area contributed by atoms with Gasteiger partial charge in [-0.2, -0.15) is 0 Å². The van der Waals surface area contributed by atoms with Crippen LogP contribution in [0.4, 0.5) is 0 Å². The van der Waals surface area contributed by atoms with E-state index < -0.39 is 5.97 Å². The number of aryl methyl sites for hydroxylation is 1. The Hall–Kier alpha value is -2.67. The molecule has 0 bridgehead atoms. The van der Waals surface area contributed by atoms with Crippen molar-refractivity contribution < 1.29 is 13.9 Å². The zero-order chi connectivity index (χ0) is 17.1. The molecule has 6 nitrogen and oxygen atoms in total. The number of esters is 1. The first kappa shape index (κ1) is 16.2. The van der Waals surface area contributed by atoms with E-state index in [4.69, 9.17) is 9.15 Å². The molecule has 0 aliphatic carbocycles. The molecule has 0 saturated carbocycles. The van der Waals surface area contributed by atoms with Crippen LogP contribution in [0.3, 0.4) is 0 Å². The summed E-state index contributed by atoms with van der Waals surface area (Å²) in [6.45, 7) is 1.74. The van der Waals surface area contributed by atoms with Gasteiger partial charge in [-0.1, -0.05) is 0 Å². The molecule has 0 spiro atoms. The number of ether oxygens (including phenoxy) is 1. The third-order valence-electron chi connectivity index (χ3n) is 3.18. The zero-order valence-electron chi connectivity index (χ0n) is 12.7. The first-order valence-corrected chi connectivity index (χ1v) is 7.90. The molecule has 3 aromatic heterocycles. The molecular weight excluding hydrogens is 376 g/mol. The highest BCUT2D eigenvalue weighted by atomic mass is 79.9. The molecule has 0 aliphatic heterocycles. The molecule has 122 valence electrons. The molecule has 0 aromatic carbocycles. The number of carbonyl (C=O) groups excluding carboxylic acids is 1. The fourth-order valence-electron chi connectivity index (χ4n) is 2.09. The second-order valence-corrected chi connectivity index (χ2v) is 5.97. The van der Waals surface area contributed by atoms with Gasteiger partial charge in [0.15, 0.2) is 0 Å². The van der Waals surface area contributed by atoms with Gasteiger partial charge in [0.25, 0.3) is 5.56 Å². The first-order valence-electron chi connectivity index (χ1n) is 7.10. The third-order valence-corrected chi connectivity index (χ3v) is 3.65. The van der Waals surface area contributed by atoms with Crippen LogP contribution in [-0.4, -0.2) is 15.4 Å². The first-order chi connectivity index (χ1) is 11.5. The Morgan fingerprint density at radius 1 is 1.38 bits per heavy atom. The number of aromatic nitrogens is 2. The summed E-state index contributed by atoms with van der Waals surface area (Å²) in [5.74, 6) is 0.787. The highest BCUT2D eigenvalue weighted by Crippen LogP contribution is 2.10. The molecule has 0 fully saturated rings. The Labute approximate surface area is 145 Å². The molecule has 0 aliphatic rings. The Morgan fingerprint density at radius 2 is 2.21 bits per heavy atom. The van der Waals surface area contributed by atoms with Crippen LogP contribution in [0.2, 0.25) is 0 Å². The van der Waals surface area contributed by atoms with Crippen LogP contribution in [0.1, 0.15) is 17.2 Å². The van der Waals surface area contributed by atoms with E-state index in [9.17, 15) is 9.59 Å². The molecule has 3 rings (SSSR count). The van der Waals surface area contributed by atoms with Crippen LogP contribution in [0.15, 0.2) is 56.3 Å². The Balaban J connectivity index is 1.69. The van der Waals surface area contributed by atoms with E-state index in [0.717, 1.165) is 10.2 Å². The quantitative estimate of drug-likeness (QED) is 0.507. The van der Waals surface area contributed by atoms with E-state index in [2.05, 4.69) is 20.9 Å². The molecule has 7 heteroatoms. The van der Waals surface area contributed by atoms with E-state index in [1.165, 1.54) is 22.6 Å². The van der Waals surface area contributed by atoms with Crippen LogP contribution in [0.25, 0.3) is 11.7 Å². The van der Waals surface area contributed by atoms with Crippen LogP contribution in [0.5, 0.6) is 0 Å². The maximum atomic E-state index is 12.0. The van der Waals surface area contributed by atoms with Crippen molar-refractivity contribution in [2.24, 2.45) is 0 Å². The van der Waals surface area contributed by atoms with E-state index in [1.54, 1.807) is 30.5 Å². The van der Waals surface area contributed by atoms with Crippen LogP contribution >= 0.6 is 15.9 Å². The van der Waals surface area contributed by atoms with Gasteiger partial charge in [-0.25, -0.2) is 9.78 Å². The van der Waals surface area contributed by atoms with Crippen molar-refractivity contribution in [2.45, 2.75) is 13.5 Å².